The maximum Gasteiger partial charge on any atom is 0.162 e. The Morgan fingerprint density at radius 2 is 1.80 bits per heavy atom. The van der Waals surface area contributed by atoms with E-state index in [0.717, 1.165) is 59.0 Å². The average Bonchev–Trinajstić information content (AvgIpc) is 3.24. The fraction of sp³-hybridized carbons (Fsp3) is 0.217. The molecule has 0 saturated carbocycles. The van der Waals surface area contributed by atoms with Crippen molar-refractivity contribution in [3.05, 3.63) is 67.1 Å². The highest BCUT2D eigenvalue weighted by molar-refractivity contribution is 7.97. The van der Waals surface area contributed by atoms with Gasteiger partial charge in [0.25, 0.3) is 0 Å². The fourth-order valence-electron chi connectivity index (χ4n) is 3.86. The van der Waals surface area contributed by atoms with Gasteiger partial charge >= 0.3 is 0 Å². The van der Waals surface area contributed by atoms with Crippen molar-refractivity contribution < 1.29 is 0 Å². The van der Waals surface area contributed by atoms with Crippen LogP contribution in [0.25, 0.3) is 27.9 Å². The maximum absolute atomic E-state index is 4.74. The molecule has 152 valence electrons. The van der Waals surface area contributed by atoms with Gasteiger partial charge in [-0.1, -0.05) is 24.3 Å². The number of anilines is 1. The molecule has 7 heteroatoms. The molecule has 30 heavy (non-hydrogen) atoms. The lowest BCUT2D eigenvalue weighted by Gasteiger charge is -2.29. The Balaban J connectivity index is 1.43. The van der Waals surface area contributed by atoms with Crippen LogP contribution in [0, 0.1) is 0 Å². The van der Waals surface area contributed by atoms with Crippen LogP contribution in [-0.2, 0) is 0 Å². The van der Waals surface area contributed by atoms with Crippen molar-refractivity contribution >= 4 is 23.3 Å². The van der Waals surface area contributed by atoms with Crippen molar-refractivity contribution in [1.82, 2.24) is 24.6 Å². The summed E-state index contributed by atoms with van der Waals surface area (Å²) in [6.07, 6.45) is 5.88. The number of hydrogen-bond donors (Lipinski definition) is 2. The third-order valence-corrected chi connectivity index (χ3v) is 6.10. The lowest BCUT2D eigenvalue weighted by atomic mass is 10.1. The highest BCUT2D eigenvalue weighted by Gasteiger charge is 2.12. The molecular formula is C23H24N6S. The normalized spacial score (nSPS) is 14.4. The third-order valence-electron chi connectivity index (χ3n) is 5.40. The molecule has 0 aliphatic carbocycles. The van der Waals surface area contributed by atoms with E-state index < -0.39 is 0 Å². The smallest absolute Gasteiger partial charge is 0.162 e. The van der Waals surface area contributed by atoms with E-state index in [2.05, 4.69) is 74.8 Å². The molecule has 0 amide bonds. The van der Waals surface area contributed by atoms with Crippen molar-refractivity contribution in [1.29, 1.82) is 0 Å². The van der Waals surface area contributed by atoms with Gasteiger partial charge in [-0.3, -0.25) is 4.72 Å². The van der Waals surface area contributed by atoms with Gasteiger partial charge in [-0.25, -0.2) is 9.50 Å². The first kappa shape index (κ1) is 19.1. The second kappa shape index (κ2) is 8.47. The van der Waals surface area contributed by atoms with Crippen molar-refractivity contribution in [2.24, 2.45) is 0 Å². The molecule has 0 atom stereocenters. The summed E-state index contributed by atoms with van der Waals surface area (Å²) in [5.74, 6) is 0. The number of rotatable bonds is 5. The average molecular weight is 417 g/mol. The van der Waals surface area contributed by atoms with Crippen molar-refractivity contribution in [2.45, 2.75) is 4.90 Å². The van der Waals surface area contributed by atoms with E-state index in [-0.39, 0.29) is 0 Å². The molecule has 1 fully saturated rings. The van der Waals surface area contributed by atoms with E-state index in [9.17, 15) is 0 Å². The van der Waals surface area contributed by atoms with Crippen molar-refractivity contribution in [2.75, 3.05) is 38.1 Å². The SMILES string of the molecule is CNSc1cccc(-c2cnn3cc(-c4ccc(N5CCNCC5)cc4)cnc23)c1. The number of nitrogens with one attached hydrogen (secondary N) is 2. The first-order valence-corrected chi connectivity index (χ1v) is 11.0. The molecule has 3 heterocycles. The van der Waals surface area contributed by atoms with Crippen LogP contribution in [0.4, 0.5) is 5.69 Å². The van der Waals surface area contributed by atoms with Gasteiger partial charge in [-0.2, -0.15) is 5.10 Å². The largest absolute Gasteiger partial charge is 0.369 e. The van der Waals surface area contributed by atoms with Crippen LogP contribution in [0.5, 0.6) is 0 Å². The molecule has 1 aliphatic heterocycles. The van der Waals surface area contributed by atoms with Crippen LogP contribution in [0.1, 0.15) is 0 Å². The van der Waals surface area contributed by atoms with Gasteiger partial charge in [0, 0.05) is 60.3 Å². The minimum absolute atomic E-state index is 0.864. The Hall–Kier alpha value is -2.87. The molecule has 2 N–H and O–H groups in total. The molecular weight excluding hydrogens is 392 g/mol. The third kappa shape index (κ3) is 3.79. The number of benzene rings is 2. The monoisotopic (exact) mass is 416 g/mol. The van der Waals surface area contributed by atoms with E-state index >= 15 is 0 Å². The molecule has 5 rings (SSSR count). The minimum atomic E-state index is 0.864. The zero-order valence-electron chi connectivity index (χ0n) is 16.9. The summed E-state index contributed by atoms with van der Waals surface area (Å²) in [6, 6.07) is 17.1. The minimum Gasteiger partial charge on any atom is -0.369 e. The van der Waals surface area contributed by atoms with Crippen LogP contribution in [0.15, 0.2) is 72.0 Å². The molecule has 0 radical (unpaired) electrons. The summed E-state index contributed by atoms with van der Waals surface area (Å²) in [7, 11) is 1.92. The lowest BCUT2D eigenvalue weighted by molar-refractivity contribution is 0.589. The first-order valence-electron chi connectivity index (χ1n) is 10.2. The van der Waals surface area contributed by atoms with Crippen LogP contribution >= 0.6 is 11.9 Å². The highest BCUT2D eigenvalue weighted by atomic mass is 32.2. The Kier molecular flexibility index (Phi) is 5.40. The Morgan fingerprint density at radius 3 is 2.60 bits per heavy atom. The van der Waals surface area contributed by atoms with Crippen LogP contribution in [-0.4, -0.2) is 47.8 Å². The summed E-state index contributed by atoms with van der Waals surface area (Å²) >= 11 is 1.60. The number of nitrogens with zero attached hydrogens (tertiary/aromatic N) is 4. The summed E-state index contributed by atoms with van der Waals surface area (Å²) < 4.78 is 4.99. The van der Waals surface area contributed by atoms with Gasteiger partial charge in [-0.15, -0.1) is 0 Å². The second-order valence-electron chi connectivity index (χ2n) is 7.29. The molecule has 1 aliphatic rings. The van der Waals surface area contributed by atoms with Crippen LogP contribution in [0.2, 0.25) is 0 Å². The van der Waals surface area contributed by atoms with Crippen molar-refractivity contribution in [3.8, 4) is 22.3 Å². The Labute approximate surface area is 180 Å². The number of aromatic nitrogens is 3. The Morgan fingerprint density at radius 1 is 0.967 bits per heavy atom. The van der Waals surface area contributed by atoms with Gasteiger partial charge in [0.1, 0.15) is 0 Å². The maximum atomic E-state index is 4.74. The zero-order valence-corrected chi connectivity index (χ0v) is 17.7. The second-order valence-corrected chi connectivity index (χ2v) is 8.37. The molecule has 2 aromatic carbocycles. The van der Waals surface area contributed by atoms with Gasteiger partial charge in [0.2, 0.25) is 0 Å². The number of fused-ring (bicyclic) bond motifs is 1. The number of hydrogen-bond acceptors (Lipinski definition) is 6. The van der Waals surface area contributed by atoms with Crippen LogP contribution in [0.3, 0.4) is 0 Å². The van der Waals surface area contributed by atoms with Crippen molar-refractivity contribution in [3.63, 3.8) is 0 Å². The number of piperazine rings is 1. The summed E-state index contributed by atoms with van der Waals surface area (Å²) in [4.78, 5) is 8.32. The summed E-state index contributed by atoms with van der Waals surface area (Å²) in [6.45, 7) is 4.19. The Bertz CT molecular complexity index is 1150. The predicted molar refractivity (Wildman–Crippen MR) is 124 cm³/mol. The quantitative estimate of drug-likeness (QED) is 0.484. The molecule has 2 aromatic heterocycles. The summed E-state index contributed by atoms with van der Waals surface area (Å²) in [5.41, 5.74) is 6.49. The molecule has 4 aromatic rings. The van der Waals surface area contributed by atoms with E-state index in [4.69, 9.17) is 4.98 Å². The molecule has 1 saturated heterocycles. The highest BCUT2D eigenvalue weighted by Crippen LogP contribution is 2.29. The summed E-state index contributed by atoms with van der Waals surface area (Å²) in [5, 5.41) is 7.96. The predicted octanol–water partition coefficient (Wildman–Crippen LogP) is 3.70. The first-order chi connectivity index (χ1) is 14.8. The topological polar surface area (TPSA) is 57.5 Å². The molecule has 6 nitrogen and oxygen atoms in total. The van der Waals surface area contributed by atoms with Gasteiger partial charge in [-0.05, 0) is 54.4 Å². The van der Waals surface area contributed by atoms with E-state index in [1.165, 1.54) is 5.69 Å². The van der Waals surface area contributed by atoms with Crippen LogP contribution < -0.4 is 14.9 Å². The molecule has 0 unspecified atom stereocenters. The zero-order chi connectivity index (χ0) is 20.3. The van der Waals surface area contributed by atoms with Gasteiger partial charge in [0.05, 0.1) is 6.20 Å². The van der Waals surface area contributed by atoms with Gasteiger partial charge < -0.3 is 10.2 Å². The standard InChI is InChI=1S/C23H24N6S/c1-24-30-21-4-2-3-18(13-21)22-15-27-29-16-19(14-26-23(22)29)17-5-7-20(8-6-17)28-11-9-25-10-12-28/h2-8,13-16,24-25H,9-12H2,1H3. The van der Waals surface area contributed by atoms with E-state index in [1.54, 1.807) is 11.9 Å². The van der Waals surface area contributed by atoms with E-state index in [0.29, 0.717) is 0 Å². The van der Waals surface area contributed by atoms with Gasteiger partial charge in [0.15, 0.2) is 5.65 Å². The molecule has 0 spiro atoms. The van der Waals surface area contributed by atoms with E-state index in [1.807, 2.05) is 24.0 Å². The fourth-order valence-corrected chi connectivity index (χ4v) is 4.43. The lowest BCUT2D eigenvalue weighted by Crippen LogP contribution is -2.43. The molecule has 0 bridgehead atoms.